The predicted molar refractivity (Wildman–Crippen MR) is 84.2 cm³/mol. The van der Waals surface area contributed by atoms with Crippen molar-refractivity contribution in [2.75, 3.05) is 0 Å². The van der Waals surface area contributed by atoms with Gasteiger partial charge in [-0.05, 0) is 30.0 Å². The first-order valence-electron chi connectivity index (χ1n) is 6.59. The van der Waals surface area contributed by atoms with Crippen molar-refractivity contribution in [3.63, 3.8) is 0 Å². The van der Waals surface area contributed by atoms with Gasteiger partial charge in [0.2, 0.25) is 0 Å². The highest BCUT2D eigenvalue weighted by molar-refractivity contribution is 6.48. The highest BCUT2D eigenvalue weighted by Gasteiger charge is 2.35. The van der Waals surface area contributed by atoms with Crippen LogP contribution in [0.15, 0.2) is 18.2 Å². The normalized spacial score (nSPS) is 14.4. The van der Waals surface area contributed by atoms with Gasteiger partial charge in [-0.1, -0.05) is 67.6 Å². The minimum Gasteiger partial charge on any atom is -0.166 e. The average molecular weight is 360 g/mol. The maximum Gasteiger partial charge on any atom is 0.416 e. The topological polar surface area (TPSA) is 0 Å². The van der Waals surface area contributed by atoms with E-state index < -0.39 is 11.7 Å². The van der Waals surface area contributed by atoms with Crippen molar-refractivity contribution in [1.82, 2.24) is 0 Å². The number of hydrogen-bond acceptors (Lipinski definition) is 0. The Balaban J connectivity index is 3.18. The summed E-state index contributed by atoms with van der Waals surface area (Å²) in [4.78, 5) is 0. The molecule has 118 valence electrons. The fourth-order valence-corrected chi connectivity index (χ4v) is 2.63. The van der Waals surface area contributed by atoms with Gasteiger partial charge in [-0.25, -0.2) is 0 Å². The molecule has 1 atom stereocenters. The number of alkyl halides is 3. The molecular formula is C15H16Cl3F3. The van der Waals surface area contributed by atoms with Crippen LogP contribution >= 0.6 is 34.8 Å². The lowest BCUT2D eigenvalue weighted by Crippen LogP contribution is -2.11. The molecule has 0 spiro atoms. The summed E-state index contributed by atoms with van der Waals surface area (Å²) in [6.07, 6.45) is -1.10. The molecule has 0 saturated carbocycles. The van der Waals surface area contributed by atoms with E-state index in [0.717, 1.165) is 12.8 Å². The number of rotatable bonds is 5. The van der Waals surface area contributed by atoms with Gasteiger partial charge in [0.1, 0.15) is 0 Å². The summed E-state index contributed by atoms with van der Waals surface area (Å²) >= 11 is 17.4. The minimum atomic E-state index is -4.47. The van der Waals surface area contributed by atoms with E-state index in [4.69, 9.17) is 34.8 Å². The fourth-order valence-electron chi connectivity index (χ4n) is 2.04. The second-order valence-corrected chi connectivity index (χ2v) is 6.19. The molecule has 0 bridgehead atoms. The lowest BCUT2D eigenvalue weighted by molar-refractivity contribution is -0.0691. The third-order valence-corrected chi connectivity index (χ3v) is 4.30. The van der Waals surface area contributed by atoms with Gasteiger partial charge in [-0.2, -0.15) is 13.2 Å². The first-order valence-corrected chi connectivity index (χ1v) is 7.72. The van der Waals surface area contributed by atoms with Crippen molar-refractivity contribution in [1.29, 1.82) is 0 Å². The SMILES string of the molecule is CCCC(C)CC=C(c1cc(Cl)c(Cl)c(Cl)c1)C(F)(F)F. The summed E-state index contributed by atoms with van der Waals surface area (Å²) in [6, 6.07) is 2.39. The van der Waals surface area contributed by atoms with Gasteiger partial charge in [-0.15, -0.1) is 0 Å². The molecule has 0 aliphatic carbocycles. The summed E-state index contributed by atoms with van der Waals surface area (Å²) in [7, 11) is 0. The van der Waals surface area contributed by atoms with Gasteiger partial charge in [0, 0.05) is 0 Å². The first-order chi connectivity index (χ1) is 9.66. The van der Waals surface area contributed by atoms with Gasteiger partial charge < -0.3 is 0 Å². The summed E-state index contributed by atoms with van der Waals surface area (Å²) in [5.74, 6) is 0.186. The molecule has 0 N–H and O–H groups in total. The zero-order valence-electron chi connectivity index (χ0n) is 11.7. The third kappa shape index (κ3) is 5.39. The van der Waals surface area contributed by atoms with E-state index >= 15 is 0 Å². The summed E-state index contributed by atoms with van der Waals surface area (Å²) in [5, 5.41) is 0.0785. The van der Waals surface area contributed by atoms with Gasteiger partial charge in [0.25, 0.3) is 0 Å². The van der Waals surface area contributed by atoms with Crippen LogP contribution in [0.4, 0.5) is 13.2 Å². The van der Waals surface area contributed by atoms with Crippen LogP contribution in [0.3, 0.4) is 0 Å². The summed E-state index contributed by atoms with van der Waals surface area (Å²) in [6.45, 7) is 3.93. The van der Waals surface area contributed by atoms with Crippen LogP contribution in [0.25, 0.3) is 5.57 Å². The summed E-state index contributed by atoms with van der Waals surface area (Å²) in [5.41, 5.74) is -0.795. The van der Waals surface area contributed by atoms with Crippen LogP contribution in [-0.2, 0) is 0 Å². The molecule has 0 radical (unpaired) electrons. The van der Waals surface area contributed by atoms with Crippen LogP contribution in [-0.4, -0.2) is 6.18 Å². The highest BCUT2D eigenvalue weighted by atomic mass is 35.5. The number of halogens is 6. The molecule has 0 aliphatic heterocycles. The van der Waals surface area contributed by atoms with Crippen molar-refractivity contribution >= 4 is 40.4 Å². The quantitative estimate of drug-likeness (QED) is 0.480. The molecule has 0 aliphatic rings. The van der Waals surface area contributed by atoms with E-state index in [2.05, 4.69) is 0 Å². The van der Waals surface area contributed by atoms with Crippen molar-refractivity contribution in [2.45, 2.75) is 39.3 Å². The van der Waals surface area contributed by atoms with E-state index in [1.807, 2.05) is 13.8 Å². The standard InChI is InChI=1S/C15H16Cl3F3/c1-3-4-9(2)5-6-11(15(19,20)21)10-7-12(16)14(18)13(17)8-10/h6-9H,3-5H2,1-2H3. The molecule has 1 aromatic carbocycles. The van der Waals surface area contributed by atoms with Gasteiger partial charge in [-0.3, -0.25) is 0 Å². The second-order valence-electron chi connectivity index (χ2n) is 5.00. The van der Waals surface area contributed by atoms with E-state index in [1.165, 1.54) is 18.2 Å². The van der Waals surface area contributed by atoms with E-state index in [0.29, 0.717) is 6.42 Å². The molecular weight excluding hydrogens is 344 g/mol. The van der Waals surface area contributed by atoms with E-state index in [1.54, 1.807) is 0 Å². The third-order valence-electron chi connectivity index (χ3n) is 3.11. The zero-order chi connectivity index (χ0) is 16.2. The van der Waals surface area contributed by atoms with Crippen molar-refractivity contribution in [3.05, 3.63) is 38.8 Å². The second kappa shape index (κ2) is 7.75. The number of hydrogen-bond donors (Lipinski definition) is 0. The Labute approximate surface area is 137 Å². The summed E-state index contributed by atoms with van der Waals surface area (Å²) < 4.78 is 39.7. The first kappa shape index (κ1) is 18.7. The largest absolute Gasteiger partial charge is 0.416 e. The minimum absolute atomic E-state index is 0.0101. The Morgan fingerprint density at radius 2 is 1.71 bits per heavy atom. The monoisotopic (exact) mass is 358 g/mol. The van der Waals surface area contributed by atoms with E-state index in [9.17, 15) is 13.2 Å². The number of benzene rings is 1. The molecule has 0 amide bonds. The molecule has 0 aromatic heterocycles. The van der Waals surface area contributed by atoms with Gasteiger partial charge >= 0.3 is 6.18 Å². The predicted octanol–water partition coefficient (Wildman–Crippen LogP) is 7.42. The van der Waals surface area contributed by atoms with Crippen LogP contribution in [0.2, 0.25) is 15.1 Å². The zero-order valence-corrected chi connectivity index (χ0v) is 14.0. The molecule has 6 heteroatoms. The van der Waals surface area contributed by atoms with Crippen LogP contribution in [0.5, 0.6) is 0 Å². The average Bonchev–Trinajstić information content (AvgIpc) is 2.34. The van der Waals surface area contributed by atoms with Crippen molar-refractivity contribution in [2.24, 2.45) is 5.92 Å². The Morgan fingerprint density at radius 1 is 1.19 bits per heavy atom. The lowest BCUT2D eigenvalue weighted by atomic mass is 9.97. The molecule has 0 saturated heterocycles. The molecule has 0 fully saturated rings. The maximum atomic E-state index is 13.2. The number of allylic oxidation sites excluding steroid dienone is 2. The Kier molecular flexibility index (Phi) is 6.89. The molecule has 0 heterocycles. The van der Waals surface area contributed by atoms with E-state index in [-0.39, 0.29) is 26.5 Å². The molecule has 0 nitrogen and oxygen atoms in total. The van der Waals surface area contributed by atoms with Gasteiger partial charge in [0.05, 0.1) is 20.6 Å². The van der Waals surface area contributed by atoms with Gasteiger partial charge in [0.15, 0.2) is 0 Å². The molecule has 1 rings (SSSR count). The molecule has 21 heavy (non-hydrogen) atoms. The van der Waals surface area contributed by atoms with Crippen LogP contribution < -0.4 is 0 Å². The Bertz CT molecular complexity index is 498. The Hall–Kier alpha value is -0.380. The fraction of sp³-hybridized carbons (Fsp3) is 0.467. The van der Waals surface area contributed by atoms with Crippen LogP contribution in [0.1, 0.15) is 38.7 Å². The highest BCUT2D eigenvalue weighted by Crippen LogP contribution is 2.39. The molecule has 1 aromatic rings. The Morgan fingerprint density at radius 3 is 2.14 bits per heavy atom. The lowest BCUT2D eigenvalue weighted by Gasteiger charge is -2.15. The van der Waals surface area contributed by atoms with Crippen molar-refractivity contribution < 1.29 is 13.2 Å². The van der Waals surface area contributed by atoms with Crippen LogP contribution in [0, 0.1) is 5.92 Å². The molecule has 1 unspecified atom stereocenters. The van der Waals surface area contributed by atoms with Crippen molar-refractivity contribution in [3.8, 4) is 0 Å². The smallest absolute Gasteiger partial charge is 0.166 e. The maximum absolute atomic E-state index is 13.2.